The van der Waals surface area contributed by atoms with Crippen LogP contribution in [0.3, 0.4) is 0 Å². The molecule has 3 aromatic rings. The fourth-order valence-electron chi connectivity index (χ4n) is 3.98. The van der Waals surface area contributed by atoms with E-state index in [9.17, 15) is 4.79 Å². The quantitative estimate of drug-likeness (QED) is 0.356. The minimum atomic E-state index is 0.201. The third-order valence-corrected chi connectivity index (χ3v) is 5.57. The van der Waals surface area contributed by atoms with Crippen molar-refractivity contribution in [1.29, 1.82) is 0 Å². The van der Waals surface area contributed by atoms with E-state index in [4.69, 9.17) is 9.41 Å². The van der Waals surface area contributed by atoms with Gasteiger partial charge in [-0.05, 0) is 36.6 Å². The van der Waals surface area contributed by atoms with Crippen LogP contribution in [-0.4, -0.2) is 41.8 Å². The lowest BCUT2D eigenvalue weighted by molar-refractivity contribution is -0.131. The molecule has 0 saturated heterocycles. The summed E-state index contributed by atoms with van der Waals surface area (Å²) in [6, 6.07) is 18.4. The maximum absolute atomic E-state index is 12.6. The lowest BCUT2D eigenvalue weighted by atomic mass is 10.1. The summed E-state index contributed by atoms with van der Waals surface area (Å²) in [5.74, 6) is 1.93. The van der Waals surface area contributed by atoms with Gasteiger partial charge < -0.3 is 19.5 Å². The average molecular weight is 419 g/mol. The molecule has 0 aliphatic carbocycles. The standard InChI is InChI=1S/C25H30N4O2/c1-3-26-25(28(2)18-22-15-19-9-6-7-12-23(19)31-22)27-14-8-13-24(30)29-16-20-10-4-5-11-21(20)17-29/h4-7,9-12,15H,3,8,13-14,16-18H2,1-2H3,(H,26,27). The van der Waals surface area contributed by atoms with E-state index in [-0.39, 0.29) is 5.91 Å². The minimum absolute atomic E-state index is 0.201. The van der Waals surface area contributed by atoms with Crippen LogP contribution in [0.15, 0.2) is 64.0 Å². The SMILES string of the molecule is CCNC(=NCCCC(=O)N1Cc2ccccc2C1)N(C)Cc1cc2ccccc2o1. The van der Waals surface area contributed by atoms with Crippen LogP contribution in [0, 0.1) is 0 Å². The summed E-state index contributed by atoms with van der Waals surface area (Å²) in [5.41, 5.74) is 3.42. The van der Waals surface area contributed by atoms with Gasteiger partial charge in [0.05, 0.1) is 6.54 Å². The van der Waals surface area contributed by atoms with Crippen molar-refractivity contribution in [3.8, 4) is 0 Å². The highest BCUT2D eigenvalue weighted by atomic mass is 16.3. The van der Waals surface area contributed by atoms with Crippen molar-refractivity contribution in [2.45, 2.75) is 39.4 Å². The Hall–Kier alpha value is -3.28. The first-order chi connectivity index (χ1) is 15.1. The van der Waals surface area contributed by atoms with Gasteiger partial charge in [-0.3, -0.25) is 9.79 Å². The second kappa shape index (κ2) is 9.69. The Morgan fingerprint density at radius 1 is 1.13 bits per heavy atom. The second-order valence-corrected chi connectivity index (χ2v) is 7.96. The predicted octanol–water partition coefficient (Wildman–Crippen LogP) is 4.15. The number of carbonyl (C=O) groups excluding carboxylic acids is 1. The Morgan fingerprint density at radius 3 is 2.55 bits per heavy atom. The molecule has 6 nitrogen and oxygen atoms in total. The molecule has 6 heteroatoms. The van der Waals surface area contributed by atoms with Crippen molar-refractivity contribution < 1.29 is 9.21 Å². The number of hydrogen-bond acceptors (Lipinski definition) is 3. The largest absolute Gasteiger partial charge is 0.459 e. The maximum atomic E-state index is 12.6. The summed E-state index contributed by atoms with van der Waals surface area (Å²) < 4.78 is 5.93. The summed E-state index contributed by atoms with van der Waals surface area (Å²) in [6.45, 7) is 5.53. The number of carbonyl (C=O) groups is 1. The molecule has 0 atom stereocenters. The summed E-state index contributed by atoms with van der Waals surface area (Å²) in [4.78, 5) is 21.3. The Balaban J connectivity index is 1.28. The summed E-state index contributed by atoms with van der Waals surface area (Å²) >= 11 is 0. The van der Waals surface area contributed by atoms with Crippen molar-refractivity contribution in [3.05, 3.63) is 71.5 Å². The van der Waals surface area contributed by atoms with Crippen molar-refractivity contribution in [3.63, 3.8) is 0 Å². The van der Waals surface area contributed by atoms with E-state index < -0.39 is 0 Å². The molecule has 0 bridgehead atoms. The van der Waals surface area contributed by atoms with Gasteiger partial charge in [0.2, 0.25) is 5.91 Å². The molecular formula is C25H30N4O2. The fraction of sp³-hybridized carbons (Fsp3) is 0.360. The predicted molar refractivity (Wildman–Crippen MR) is 124 cm³/mol. The van der Waals surface area contributed by atoms with Crippen LogP contribution >= 0.6 is 0 Å². The normalized spacial score (nSPS) is 13.5. The molecule has 1 aliphatic rings. The second-order valence-electron chi connectivity index (χ2n) is 7.96. The molecule has 0 saturated carbocycles. The first-order valence-corrected chi connectivity index (χ1v) is 11.0. The molecule has 2 aromatic carbocycles. The lowest BCUT2D eigenvalue weighted by Gasteiger charge is -2.21. The Kier molecular flexibility index (Phi) is 6.55. The average Bonchev–Trinajstić information content (AvgIpc) is 3.39. The van der Waals surface area contributed by atoms with E-state index in [0.29, 0.717) is 19.5 Å². The first kappa shape index (κ1) is 21.0. The Morgan fingerprint density at radius 2 is 1.84 bits per heavy atom. The molecule has 0 unspecified atom stereocenters. The molecule has 162 valence electrons. The van der Waals surface area contributed by atoms with E-state index in [1.165, 1.54) is 11.1 Å². The van der Waals surface area contributed by atoms with Crippen LogP contribution in [0.1, 0.15) is 36.7 Å². The molecule has 2 heterocycles. The van der Waals surface area contributed by atoms with Gasteiger partial charge in [-0.2, -0.15) is 0 Å². The summed E-state index contributed by atoms with van der Waals surface area (Å²) in [6.07, 6.45) is 1.25. The first-order valence-electron chi connectivity index (χ1n) is 11.0. The van der Waals surface area contributed by atoms with Gasteiger partial charge in [-0.1, -0.05) is 42.5 Å². The smallest absolute Gasteiger partial charge is 0.223 e. The van der Waals surface area contributed by atoms with Crippen molar-refractivity contribution >= 4 is 22.8 Å². The Bertz CT molecular complexity index is 1010. The van der Waals surface area contributed by atoms with Gasteiger partial charge in [-0.25, -0.2) is 0 Å². The summed E-state index contributed by atoms with van der Waals surface area (Å²) in [5, 5.41) is 4.44. The van der Waals surface area contributed by atoms with E-state index >= 15 is 0 Å². The molecule has 0 fully saturated rings. The highest BCUT2D eigenvalue weighted by molar-refractivity contribution is 5.81. The van der Waals surface area contributed by atoms with Gasteiger partial charge in [0, 0.05) is 45.0 Å². The minimum Gasteiger partial charge on any atom is -0.459 e. The van der Waals surface area contributed by atoms with Gasteiger partial charge in [0.25, 0.3) is 0 Å². The molecule has 1 N–H and O–H groups in total. The molecule has 1 amide bonds. The molecule has 1 aromatic heterocycles. The van der Waals surface area contributed by atoms with Crippen molar-refractivity contribution in [2.24, 2.45) is 4.99 Å². The van der Waals surface area contributed by atoms with Gasteiger partial charge >= 0.3 is 0 Å². The zero-order chi connectivity index (χ0) is 21.6. The Labute approximate surface area is 183 Å². The number of fused-ring (bicyclic) bond motifs is 2. The van der Waals surface area contributed by atoms with E-state index in [0.717, 1.165) is 48.7 Å². The zero-order valence-corrected chi connectivity index (χ0v) is 18.3. The van der Waals surface area contributed by atoms with Crippen LogP contribution < -0.4 is 5.32 Å². The molecule has 31 heavy (non-hydrogen) atoms. The topological polar surface area (TPSA) is 61.1 Å². The number of aliphatic imine (C=N–C) groups is 1. The van der Waals surface area contributed by atoms with Crippen molar-refractivity contribution in [1.82, 2.24) is 15.1 Å². The van der Waals surface area contributed by atoms with E-state index in [1.807, 2.05) is 42.3 Å². The number of amides is 1. The van der Waals surface area contributed by atoms with Crippen LogP contribution in [0.4, 0.5) is 0 Å². The van der Waals surface area contributed by atoms with E-state index in [1.54, 1.807) is 0 Å². The molecular weight excluding hydrogens is 388 g/mol. The number of para-hydroxylation sites is 1. The number of benzene rings is 2. The van der Waals surface area contributed by atoms with Gasteiger partial charge in [0.15, 0.2) is 5.96 Å². The lowest BCUT2D eigenvalue weighted by Crippen LogP contribution is -2.38. The number of rotatable bonds is 7. The van der Waals surface area contributed by atoms with Gasteiger partial charge in [0.1, 0.15) is 11.3 Å². The highest BCUT2D eigenvalue weighted by Gasteiger charge is 2.22. The molecule has 4 rings (SSSR count). The third kappa shape index (κ3) is 5.08. The van der Waals surface area contributed by atoms with Crippen LogP contribution in [0.2, 0.25) is 0 Å². The molecule has 1 aliphatic heterocycles. The summed E-state index contributed by atoms with van der Waals surface area (Å²) in [7, 11) is 2.00. The molecule has 0 spiro atoms. The van der Waals surface area contributed by atoms with Crippen LogP contribution in [0.5, 0.6) is 0 Å². The van der Waals surface area contributed by atoms with Crippen molar-refractivity contribution in [2.75, 3.05) is 20.1 Å². The number of hydrogen-bond donors (Lipinski definition) is 1. The number of furan rings is 1. The molecule has 0 radical (unpaired) electrons. The number of nitrogens with one attached hydrogen (secondary N) is 1. The fourth-order valence-corrected chi connectivity index (χ4v) is 3.98. The number of guanidine groups is 1. The third-order valence-electron chi connectivity index (χ3n) is 5.57. The number of nitrogens with zero attached hydrogens (tertiary/aromatic N) is 3. The monoisotopic (exact) mass is 418 g/mol. The highest BCUT2D eigenvalue weighted by Crippen LogP contribution is 2.23. The van der Waals surface area contributed by atoms with Crippen LogP contribution in [0.25, 0.3) is 11.0 Å². The maximum Gasteiger partial charge on any atom is 0.223 e. The van der Waals surface area contributed by atoms with Crippen LogP contribution in [-0.2, 0) is 24.4 Å². The van der Waals surface area contributed by atoms with Gasteiger partial charge in [-0.15, -0.1) is 0 Å². The van der Waals surface area contributed by atoms with E-state index in [2.05, 4.69) is 41.4 Å². The zero-order valence-electron chi connectivity index (χ0n) is 18.3.